The van der Waals surface area contributed by atoms with Crippen molar-refractivity contribution >= 4 is 5.97 Å². The molecular formula is C3H6HgO2. The van der Waals surface area contributed by atoms with Crippen LogP contribution in [0.25, 0.3) is 0 Å². The van der Waals surface area contributed by atoms with Crippen LogP contribution in [0, 0.1) is 0 Å². The summed E-state index contributed by atoms with van der Waals surface area (Å²) in [5.41, 5.74) is 0. The number of aliphatic carboxylic acids is 1. The fraction of sp³-hybridized carbons (Fsp3) is 0.667. The topological polar surface area (TPSA) is 37.3 Å². The third-order valence-electron chi connectivity index (χ3n) is 0.302. The molecule has 0 aromatic heterocycles. The van der Waals surface area contributed by atoms with Crippen LogP contribution in [0.15, 0.2) is 0 Å². The maximum Gasteiger partial charge on any atom is 0.303 e. The van der Waals surface area contributed by atoms with Crippen molar-refractivity contribution in [3.63, 3.8) is 0 Å². The van der Waals surface area contributed by atoms with Gasteiger partial charge in [-0.1, -0.05) is 6.92 Å². The van der Waals surface area contributed by atoms with Gasteiger partial charge < -0.3 is 5.11 Å². The SMILES string of the molecule is CCC(=O)O.[Hg]. The van der Waals surface area contributed by atoms with Gasteiger partial charge in [0.2, 0.25) is 0 Å². The van der Waals surface area contributed by atoms with Gasteiger partial charge in [-0.25, -0.2) is 0 Å². The van der Waals surface area contributed by atoms with E-state index in [0.717, 1.165) is 0 Å². The molecule has 0 spiro atoms. The molecule has 0 heterocycles. The normalized spacial score (nSPS) is 6.17. The quantitative estimate of drug-likeness (QED) is 0.706. The average Bonchev–Trinajstić information content (AvgIpc) is 1.38. The van der Waals surface area contributed by atoms with Crippen LogP contribution in [0.5, 0.6) is 0 Å². The van der Waals surface area contributed by atoms with Gasteiger partial charge in [-0.05, 0) is 0 Å². The zero-order valence-electron chi connectivity index (χ0n) is 3.77. The number of carboxylic acids is 1. The largest absolute Gasteiger partial charge is 0.481 e. The van der Waals surface area contributed by atoms with Crippen LogP contribution >= 0.6 is 0 Å². The number of rotatable bonds is 1. The van der Waals surface area contributed by atoms with E-state index >= 15 is 0 Å². The van der Waals surface area contributed by atoms with Crippen LogP contribution in [-0.2, 0) is 32.5 Å². The first kappa shape index (κ1) is 9.64. The summed E-state index contributed by atoms with van der Waals surface area (Å²) in [5, 5.41) is 7.72. The molecule has 0 aromatic rings. The van der Waals surface area contributed by atoms with E-state index in [1.165, 1.54) is 0 Å². The van der Waals surface area contributed by atoms with E-state index in [-0.39, 0.29) is 34.1 Å². The van der Waals surface area contributed by atoms with Crippen LogP contribution in [0.4, 0.5) is 0 Å². The van der Waals surface area contributed by atoms with Crippen LogP contribution in [0.2, 0.25) is 0 Å². The molecule has 0 radical (unpaired) electrons. The van der Waals surface area contributed by atoms with Crippen LogP contribution in [0.3, 0.4) is 0 Å². The Balaban J connectivity index is 0. The molecule has 0 atom stereocenters. The molecule has 0 unspecified atom stereocenters. The van der Waals surface area contributed by atoms with Gasteiger partial charge in [0.15, 0.2) is 0 Å². The Morgan fingerprint density at radius 1 is 1.83 bits per heavy atom. The van der Waals surface area contributed by atoms with E-state index in [2.05, 4.69) is 0 Å². The summed E-state index contributed by atoms with van der Waals surface area (Å²) >= 11 is 0. The molecular weight excluding hydrogens is 269 g/mol. The summed E-state index contributed by atoms with van der Waals surface area (Å²) in [4.78, 5) is 9.37. The van der Waals surface area contributed by atoms with E-state index in [0.29, 0.717) is 0 Å². The molecule has 0 saturated heterocycles. The van der Waals surface area contributed by atoms with E-state index < -0.39 is 5.97 Å². The van der Waals surface area contributed by atoms with E-state index in [9.17, 15) is 4.79 Å². The molecule has 2 nitrogen and oxygen atoms in total. The van der Waals surface area contributed by atoms with E-state index in [1.54, 1.807) is 6.92 Å². The predicted octanol–water partition coefficient (Wildman–Crippen LogP) is 0.478. The second-order valence-corrected chi connectivity index (χ2v) is 0.747. The summed E-state index contributed by atoms with van der Waals surface area (Å²) in [6.07, 6.45) is 0.222. The standard InChI is InChI=1S/C3H6O2.Hg/c1-2-3(4)5;/h2H2,1H3,(H,4,5);. The third kappa shape index (κ3) is 8.83. The summed E-state index contributed by atoms with van der Waals surface area (Å²) in [6, 6.07) is 0. The van der Waals surface area contributed by atoms with Crippen LogP contribution in [-0.4, -0.2) is 11.1 Å². The zero-order chi connectivity index (χ0) is 4.28. The molecule has 0 amide bonds. The minimum Gasteiger partial charge on any atom is -0.481 e. The Morgan fingerprint density at radius 2 is 2.00 bits per heavy atom. The molecule has 1 N–H and O–H groups in total. The molecule has 0 aliphatic rings. The van der Waals surface area contributed by atoms with Gasteiger partial charge in [0.05, 0.1) is 0 Å². The second-order valence-electron chi connectivity index (χ2n) is 0.747. The molecule has 0 saturated carbocycles. The fourth-order valence-corrected chi connectivity index (χ4v) is 0. The number of carbonyl (C=O) groups is 1. The average molecular weight is 275 g/mol. The van der Waals surface area contributed by atoms with Gasteiger partial charge in [0.1, 0.15) is 0 Å². The van der Waals surface area contributed by atoms with Crippen molar-refractivity contribution in [2.75, 3.05) is 0 Å². The van der Waals surface area contributed by atoms with Crippen LogP contribution < -0.4 is 0 Å². The minimum atomic E-state index is -0.745. The molecule has 0 aliphatic carbocycles. The van der Waals surface area contributed by atoms with Gasteiger partial charge in [0, 0.05) is 34.1 Å². The van der Waals surface area contributed by atoms with Crippen molar-refractivity contribution < 1.29 is 37.6 Å². The Morgan fingerprint density at radius 3 is 2.00 bits per heavy atom. The monoisotopic (exact) mass is 276 g/mol. The van der Waals surface area contributed by atoms with Crippen molar-refractivity contribution in [2.24, 2.45) is 0 Å². The summed E-state index contributed by atoms with van der Waals surface area (Å²) in [6.45, 7) is 1.60. The fourth-order valence-electron chi connectivity index (χ4n) is 0. The summed E-state index contributed by atoms with van der Waals surface area (Å²) in [5.74, 6) is -0.745. The molecule has 0 aromatic carbocycles. The van der Waals surface area contributed by atoms with Crippen molar-refractivity contribution in [1.82, 2.24) is 0 Å². The first-order valence-electron chi connectivity index (χ1n) is 1.49. The minimum absolute atomic E-state index is 0. The molecule has 0 fully saturated rings. The van der Waals surface area contributed by atoms with Crippen molar-refractivity contribution in [3.8, 4) is 0 Å². The first-order valence-corrected chi connectivity index (χ1v) is 1.49. The van der Waals surface area contributed by atoms with Gasteiger partial charge in [-0.2, -0.15) is 0 Å². The van der Waals surface area contributed by atoms with Crippen molar-refractivity contribution in [2.45, 2.75) is 13.3 Å². The van der Waals surface area contributed by atoms with Gasteiger partial charge in [-0.3, -0.25) is 4.79 Å². The Labute approximate surface area is 57.1 Å². The van der Waals surface area contributed by atoms with E-state index in [1.807, 2.05) is 0 Å². The van der Waals surface area contributed by atoms with Gasteiger partial charge in [0.25, 0.3) is 0 Å². The molecule has 0 aliphatic heterocycles. The molecule has 0 bridgehead atoms. The van der Waals surface area contributed by atoms with Crippen molar-refractivity contribution in [1.29, 1.82) is 0 Å². The second kappa shape index (κ2) is 5.41. The Bertz CT molecular complexity index is 44.1. The smallest absolute Gasteiger partial charge is 0.303 e. The molecule has 3 heteroatoms. The molecule has 6 heavy (non-hydrogen) atoms. The summed E-state index contributed by atoms with van der Waals surface area (Å²) in [7, 11) is 0. The predicted molar refractivity (Wildman–Crippen MR) is 17.9 cm³/mol. The van der Waals surface area contributed by atoms with E-state index in [4.69, 9.17) is 5.11 Å². The third-order valence-corrected chi connectivity index (χ3v) is 0.302. The Kier molecular flexibility index (Phi) is 8.69. The number of carboxylic acid groups (broad SMARTS) is 1. The van der Waals surface area contributed by atoms with Gasteiger partial charge >= 0.3 is 5.97 Å². The number of hydrogen-bond acceptors (Lipinski definition) is 1. The maximum absolute atomic E-state index is 9.37. The van der Waals surface area contributed by atoms with Crippen LogP contribution in [0.1, 0.15) is 13.3 Å². The van der Waals surface area contributed by atoms with Crippen molar-refractivity contribution in [3.05, 3.63) is 0 Å². The first-order chi connectivity index (χ1) is 2.27. The molecule has 0 rings (SSSR count). The maximum atomic E-state index is 9.37. The zero-order valence-corrected chi connectivity index (χ0v) is 9.27. The molecule has 32 valence electrons. The summed E-state index contributed by atoms with van der Waals surface area (Å²) < 4.78 is 0. The Hall–Kier alpha value is 0.405. The number of hydrogen-bond donors (Lipinski definition) is 1. The van der Waals surface area contributed by atoms with Gasteiger partial charge in [-0.15, -0.1) is 0 Å².